The lowest BCUT2D eigenvalue weighted by atomic mass is 10.3. The molecule has 0 heterocycles. The molecule has 0 bridgehead atoms. The van der Waals surface area contributed by atoms with Crippen molar-refractivity contribution in [3.05, 3.63) is 22.7 Å². The Hall–Kier alpha value is -0.780. The average molecular weight is 332 g/mol. The van der Waals surface area contributed by atoms with Crippen LogP contribution in [-0.4, -0.2) is 40.5 Å². The number of methoxy groups -OCH3 is 2. The monoisotopic (exact) mass is 331 g/mol. The Kier molecular flexibility index (Phi) is 8.62. The van der Waals surface area contributed by atoms with E-state index < -0.39 is 0 Å². The molecule has 0 aromatic heterocycles. The van der Waals surface area contributed by atoms with Crippen LogP contribution >= 0.6 is 15.9 Å². The van der Waals surface area contributed by atoms with Gasteiger partial charge in [0.1, 0.15) is 11.5 Å². The molecule has 0 radical (unpaired) electrons. The molecule has 0 aliphatic rings. The summed E-state index contributed by atoms with van der Waals surface area (Å²) in [6, 6.07) is 5.72. The van der Waals surface area contributed by atoms with E-state index in [1.54, 1.807) is 14.2 Å². The summed E-state index contributed by atoms with van der Waals surface area (Å²) < 4.78 is 16.7. The zero-order chi connectivity index (χ0) is 13.9. The van der Waals surface area contributed by atoms with Crippen molar-refractivity contribution in [2.75, 3.05) is 40.5 Å². The number of rotatable bonds is 10. The smallest absolute Gasteiger partial charge is 0.133 e. The maximum absolute atomic E-state index is 5.71. The zero-order valence-electron chi connectivity index (χ0n) is 11.6. The molecule has 1 aromatic rings. The number of ether oxygens (including phenoxy) is 3. The topological polar surface area (TPSA) is 39.7 Å². The van der Waals surface area contributed by atoms with E-state index in [1.807, 2.05) is 18.2 Å². The van der Waals surface area contributed by atoms with Gasteiger partial charge in [-0.25, -0.2) is 0 Å². The first-order valence-electron chi connectivity index (χ1n) is 6.44. The second-order valence-electron chi connectivity index (χ2n) is 4.09. The van der Waals surface area contributed by atoms with Crippen LogP contribution in [0.1, 0.15) is 12.8 Å². The van der Waals surface area contributed by atoms with Gasteiger partial charge in [0.15, 0.2) is 0 Å². The maximum atomic E-state index is 5.71. The van der Waals surface area contributed by atoms with Gasteiger partial charge < -0.3 is 19.5 Å². The predicted octanol–water partition coefficient (Wildman–Crippen LogP) is 2.85. The molecule has 0 aliphatic carbocycles. The van der Waals surface area contributed by atoms with Crippen molar-refractivity contribution in [2.24, 2.45) is 0 Å². The Morgan fingerprint density at radius 3 is 2.63 bits per heavy atom. The van der Waals surface area contributed by atoms with Gasteiger partial charge in [-0.15, -0.1) is 0 Å². The average Bonchev–Trinajstić information content (AvgIpc) is 2.43. The van der Waals surface area contributed by atoms with E-state index in [0.29, 0.717) is 0 Å². The minimum atomic E-state index is 0.719. The summed E-state index contributed by atoms with van der Waals surface area (Å²) in [7, 11) is 3.36. The lowest BCUT2D eigenvalue weighted by molar-refractivity contribution is 0.199. The van der Waals surface area contributed by atoms with Gasteiger partial charge in [0.05, 0.1) is 24.8 Å². The largest absolute Gasteiger partial charge is 0.497 e. The predicted molar refractivity (Wildman–Crippen MR) is 80.2 cm³/mol. The summed E-state index contributed by atoms with van der Waals surface area (Å²) >= 11 is 3.47. The normalized spacial score (nSPS) is 10.5. The van der Waals surface area contributed by atoms with E-state index in [1.165, 1.54) is 0 Å². The number of benzene rings is 1. The van der Waals surface area contributed by atoms with Crippen LogP contribution in [0, 0.1) is 0 Å². The molecule has 0 spiro atoms. The number of hydrogen-bond donors (Lipinski definition) is 1. The minimum Gasteiger partial charge on any atom is -0.497 e. The van der Waals surface area contributed by atoms with Crippen molar-refractivity contribution in [2.45, 2.75) is 12.8 Å². The van der Waals surface area contributed by atoms with Crippen molar-refractivity contribution in [3.63, 3.8) is 0 Å². The molecule has 0 atom stereocenters. The first-order valence-corrected chi connectivity index (χ1v) is 7.23. The van der Waals surface area contributed by atoms with Crippen molar-refractivity contribution in [1.29, 1.82) is 0 Å². The molecule has 1 N–H and O–H groups in total. The minimum absolute atomic E-state index is 0.719. The Morgan fingerprint density at radius 1 is 1.11 bits per heavy atom. The van der Waals surface area contributed by atoms with E-state index >= 15 is 0 Å². The summed E-state index contributed by atoms with van der Waals surface area (Å²) in [5.41, 5.74) is 0. The van der Waals surface area contributed by atoms with Crippen molar-refractivity contribution < 1.29 is 14.2 Å². The van der Waals surface area contributed by atoms with E-state index in [9.17, 15) is 0 Å². The van der Waals surface area contributed by atoms with E-state index in [0.717, 1.165) is 55.1 Å². The Bertz CT molecular complexity index is 361. The first-order chi connectivity index (χ1) is 9.27. The number of nitrogens with one attached hydrogen (secondary N) is 1. The number of halogens is 1. The molecule has 5 heteroatoms. The summed E-state index contributed by atoms with van der Waals surface area (Å²) in [6.07, 6.45) is 2.12. The van der Waals surface area contributed by atoms with Gasteiger partial charge in [0, 0.05) is 13.7 Å². The standard InChI is InChI=1S/C14H22BrNO3/c1-17-10-8-16-7-3-4-9-19-14-6-5-12(18-2)11-13(14)15/h5-6,11,16H,3-4,7-10H2,1-2H3. The first kappa shape index (κ1) is 16.3. The highest BCUT2D eigenvalue weighted by molar-refractivity contribution is 9.10. The Morgan fingerprint density at radius 2 is 1.95 bits per heavy atom. The SMILES string of the molecule is COCCNCCCCOc1ccc(OC)cc1Br. The maximum Gasteiger partial charge on any atom is 0.133 e. The molecule has 4 nitrogen and oxygen atoms in total. The third kappa shape index (κ3) is 6.80. The third-order valence-electron chi connectivity index (χ3n) is 2.63. The van der Waals surface area contributed by atoms with Crippen LogP contribution in [0.15, 0.2) is 22.7 Å². The fourth-order valence-electron chi connectivity index (χ4n) is 1.56. The second kappa shape index (κ2) is 10.1. The molecule has 108 valence electrons. The van der Waals surface area contributed by atoms with Gasteiger partial charge in [-0.2, -0.15) is 0 Å². The van der Waals surface area contributed by atoms with Crippen LogP contribution in [0.3, 0.4) is 0 Å². The summed E-state index contributed by atoms with van der Waals surface area (Å²) in [6.45, 7) is 3.38. The Balaban J connectivity index is 2.12. The molecular formula is C14H22BrNO3. The summed E-state index contributed by atoms with van der Waals surface area (Å²) in [4.78, 5) is 0. The van der Waals surface area contributed by atoms with Gasteiger partial charge in [0.25, 0.3) is 0 Å². The summed E-state index contributed by atoms with van der Waals surface area (Å²) in [5.74, 6) is 1.68. The van der Waals surface area contributed by atoms with Gasteiger partial charge in [0.2, 0.25) is 0 Å². The third-order valence-corrected chi connectivity index (χ3v) is 3.25. The summed E-state index contributed by atoms with van der Waals surface area (Å²) in [5, 5.41) is 3.31. The molecule has 0 fully saturated rings. The van der Waals surface area contributed by atoms with E-state index in [-0.39, 0.29) is 0 Å². The highest BCUT2D eigenvalue weighted by Gasteiger charge is 2.02. The second-order valence-corrected chi connectivity index (χ2v) is 4.95. The van der Waals surface area contributed by atoms with Crippen LogP contribution in [0.25, 0.3) is 0 Å². The Labute approximate surface area is 123 Å². The van der Waals surface area contributed by atoms with E-state index in [4.69, 9.17) is 14.2 Å². The highest BCUT2D eigenvalue weighted by atomic mass is 79.9. The molecule has 0 unspecified atom stereocenters. The number of hydrogen-bond acceptors (Lipinski definition) is 4. The molecule has 0 saturated carbocycles. The lowest BCUT2D eigenvalue weighted by Crippen LogP contribution is -2.20. The molecule has 0 amide bonds. The van der Waals surface area contributed by atoms with Crippen molar-refractivity contribution in [3.8, 4) is 11.5 Å². The van der Waals surface area contributed by atoms with Crippen LogP contribution in [-0.2, 0) is 4.74 Å². The quantitative estimate of drug-likeness (QED) is 0.669. The molecule has 0 aliphatic heterocycles. The molecule has 1 rings (SSSR count). The molecule has 19 heavy (non-hydrogen) atoms. The molecule has 1 aromatic carbocycles. The van der Waals surface area contributed by atoms with Gasteiger partial charge >= 0.3 is 0 Å². The van der Waals surface area contributed by atoms with Crippen LogP contribution in [0.2, 0.25) is 0 Å². The fraction of sp³-hybridized carbons (Fsp3) is 0.571. The van der Waals surface area contributed by atoms with E-state index in [2.05, 4.69) is 21.2 Å². The van der Waals surface area contributed by atoms with Crippen molar-refractivity contribution in [1.82, 2.24) is 5.32 Å². The molecular weight excluding hydrogens is 310 g/mol. The fourth-order valence-corrected chi connectivity index (χ4v) is 2.03. The van der Waals surface area contributed by atoms with Crippen LogP contribution in [0.5, 0.6) is 11.5 Å². The van der Waals surface area contributed by atoms with Crippen LogP contribution in [0.4, 0.5) is 0 Å². The molecule has 0 saturated heterocycles. The highest BCUT2D eigenvalue weighted by Crippen LogP contribution is 2.29. The number of unbranched alkanes of at least 4 members (excludes halogenated alkanes) is 1. The lowest BCUT2D eigenvalue weighted by Gasteiger charge is -2.09. The van der Waals surface area contributed by atoms with Crippen LogP contribution < -0.4 is 14.8 Å². The van der Waals surface area contributed by atoms with Gasteiger partial charge in [-0.1, -0.05) is 0 Å². The van der Waals surface area contributed by atoms with Crippen molar-refractivity contribution >= 4 is 15.9 Å². The van der Waals surface area contributed by atoms with Gasteiger partial charge in [-0.05, 0) is 53.5 Å². The zero-order valence-corrected chi connectivity index (χ0v) is 13.2. The van der Waals surface area contributed by atoms with Gasteiger partial charge in [-0.3, -0.25) is 0 Å².